The van der Waals surface area contributed by atoms with Crippen LogP contribution in [0.15, 0.2) is 12.3 Å². The van der Waals surface area contributed by atoms with E-state index in [-0.39, 0.29) is 5.41 Å². The molecule has 1 aliphatic carbocycles. The van der Waals surface area contributed by atoms with Gasteiger partial charge in [0.05, 0.1) is 0 Å². The van der Waals surface area contributed by atoms with Crippen LogP contribution in [0.3, 0.4) is 0 Å². The van der Waals surface area contributed by atoms with E-state index < -0.39 is 0 Å². The Morgan fingerprint density at radius 2 is 2.19 bits per heavy atom. The number of nitrogens with zero attached hydrogens (tertiary/aromatic N) is 2. The van der Waals surface area contributed by atoms with E-state index in [4.69, 9.17) is 11.6 Å². The number of alkyl halides is 1. The van der Waals surface area contributed by atoms with Crippen molar-refractivity contribution in [3.05, 3.63) is 18.1 Å². The maximum absolute atomic E-state index is 6.09. The topological polar surface area (TPSA) is 37.8 Å². The van der Waals surface area contributed by atoms with Gasteiger partial charge in [-0.05, 0) is 25.8 Å². The van der Waals surface area contributed by atoms with Crippen LogP contribution in [0.1, 0.15) is 31.5 Å². The molecule has 1 heterocycles. The average molecular weight is 240 g/mol. The van der Waals surface area contributed by atoms with Gasteiger partial charge in [0.25, 0.3) is 0 Å². The largest absolute Gasteiger partial charge is 0.369 e. The van der Waals surface area contributed by atoms with Crippen LogP contribution >= 0.6 is 11.6 Å². The molecule has 3 nitrogen and oxygen atoms in total. The van der Waals surface area contributed by atoms with Crippen molar-refractivity contribution in [2.24, 2.45) is 5.41 Å². The monoisotopic (exact) mass is 239 g/mol. The molecule has 1 aromatic rings. The highest BCUT2D eigenvalue weighted by Crippen LogP contribution is 2.39. The van der Waals surface area contributed by atoms with E-state index >= 15 is 0 Å². The Bertz CT molecular complexity index is 348. The molecular formula is C12H18ClN3. The van der Waals surface area contributed by atoms with Gasteiger partial charge >= 0.3 is 0 Å². The van der Waals surface area contributed by atoms with Crippen LogP contribution < -0.4 is 5.32 Å². The Morgan fingerprint density at radius 1 is 1.44 bits per heavy atom. The third-order valence-electron chi connectivity index (χ3n) is 3.37. The number of hydrogen-bond acceptors (Lipinski definition) is 3. The van der Waals surface area contributed by atoms with E-state index in [0.717, 1.165) is 24.1 Å². The molecule has 1 aliphatic rings. The van der Waals surface area contributed by atoms with Crippen LogP contribution in [-0.4, -0.2) is 22.4 Å². The van der Waals surface area contributed by atoms with Crippen molar-refractivity contribution >= 4 is 17.4 Å². The van der Waals surface area contributed by atoms with E-state index in [1.165, 1.54) is 25.7 Å². The van der Waals surface area contributed by atoms with E-state index in [1.54, 1.807) is 6.20 Å². The standard InChI is InChI=1S/C12H18ClN3/c1-10-14-7-4-11(16-10)15-9-12(8-13)5-2-3-6-12/h4,7H,2-3,5-6,8-9H2,1H3,(H,14,15,16). The number of anilines is 1. The van der Waals surface area contributed by atoms with Gasteiger partial charge in [-0.1, -0.05) is 12.8 Å². The first-order valence-electron chi connectivity index (χ1n) is 5.84. The summed E-state index contributed by atoms with van der Waals surface area (Å²) >= 11 is 6.09. The lowest BCUT2D eigenvalue weighted by Crippen LogP contribution is -2.28. The minimum absolute atomic E-state index is 0.278. The lowest BCUT2D eigenvalue weighted by Gasteiger charge is -2.26. The number of rotatable bonds is 4. The van der Waals surface area contributed by atoms with Crippen LogP contribution in [-0.2, 0) is 0 Å². The fourth-order valence-electron chi connectivity index (χ4n) is 2.32. The zero-order valence-electron chi connectivity index (χ0n) is 9.67. The van der Waals surface area contributed by atoms with Crippen molar-refractivity contribution in [2.45, 2.75) is 32.6 Å². The molecule has 0 amide bonds. The van der Waals surface area contributed by atoms with Crippen LogP contribution in [0.5, 0.6) is 0 Å². The van der Waals surface area contributed by atoms with E-state index in [2.05, 4.69) is 15.3 Å². The maximum Gasteiger partial charge on any atom is 0.129 e. The zero-order valence-corrected chi connectivity index (χ0v) is 10.4. The van der Waals surface area contributed by atoms with Gasteiger partial charge in [0, 0.05) is 24.0 Å². The molecule has 2 rings (SSSR count). The molecule has 0 aliphatic heterocycles. The highest BCUT2D eigenvalue weighted by atomic mass is 35.5. The van der Waals surface area contributed by atoms with Gasteiger partial charge < -0.3 is 5.32 Å². The second-order valence-corrected chi connectivity index (χ2v) is 4.95. The van der Waals surface area contributed by atoms with Gasteiger partial charge in [-0.2, -0.15) is 0 Å². The normalized spacial score (nSPS) is 18.6. The second-order valence-electron chi connectivity index (χ2n) is 4.68. The second kappa shape index (κ2) is 5.00. The molecule has 1 aromatic heterocycles. The summed E-state index contributed by atoms with van der Waals surface area (Å²) in [6, 6.07) is 1.91. The number of nitrogens with one attached hydrogen (secondary N) is 1. The van der Waals surface area contributed by atoms with Crippen molar-refractivity contribution in [1.29, 1.82) is 0 Å². The number of aromatic nitrogens is 2. The van der Waals surface area contributed by atoms with Gasteiger partial charge in [-0.25, -0.2) is 9.97 Å². The summed E-state index contributed by atoms with van der Waals surface area (Å²) in [6.07, 6.45) is 6.85. The third-order valence-corrected chi connectivity index (χ3v) is 3.94. The first kappa shape index (κ1) is 11.6. The average Bonchev–Trinajstić information content (AvgIpc) is 2.76. The predicted octanol–water partition coefficient (Wildman–Crippen LogP) is 3.00. The lowest BCUT2D eigenvalue weighted by atomic mass is 9.88. The van der Waals surface area contributed by atoms with Crippen LogP contribution in [0.4, 0.5) is 5.82 Å². The van der Waals surface area contributed by atoms with Gasteiger partial charge in [0.15, 0.2) is 0 Å². The lowest BCUT2D eigenvalue weighted by molar-refractivity contribution is 0.368. The Balaban J connectivity index is 1.95. The van der Waals surface area contributed by atoms with Gasteiger partial charge in [0.1, 0.15) is 11.6 Å². The summed E-state index contributed by atoms with van der Waals surface area (Å²) in [7, 11) is 0. The van der Waals surface area contributed by atoms with Crippen molar-refractivity contribution in [3.63, 3.8) is 0 Å². The summed E-state index contributed by atoms with van der Waals surface area (Å²) in [6.45, 7) is 2.82. The van der Waals surface area contributed by atoms with Gasteiger partial charge in [0.2, 0.25) is 0 Å². The fraction of sp³-hybridized carbons (Fsp3) is 0.667. The quantitative estimate of drug-likeness (QED) is 0.821. The molecular weight excluding hydrogens is 222 g/mol. The Kier molecular flexibility index (Phi) is 3.64. The Labute approximate surface area is 102 Å². The summed E-state index contributed by atoms with van der Waals surface area (Å²) in [4.78, 5) is 8.41. The summed E-state index contributed by atoms with van der Waals surface area (Å²) < 4.78 is 0. The predicted molar refractivity (Wildman–Crippen MR) is 66.9 cm³/mol. The smallest absolute Gasteiger partial charge is 0.129 e. The van der Waals surface area contributed by atoms with Gasteiger partial charge in [-0.15, -0.1) is 11.6 Å². The molecule has 0 radical (unpaired) electrons. The molecule has 1 N–H and O–H groups in total. The van der Waals surface area contributed by atoms with E-state index in [1.807, 2.05) is 13.0 Å². The summed E-state index contributed by atoms with van der Waals surface area (Å²) in [5, 5.41) is 3.38. The Morgan fingerprint density at radius 3 is 2.81 bits per heavy atom. The van der Waals surface area contributed by atoms with Crippen LogP contribution in [0.2, 0.25) is 0 Å². The van der Waals surface area contributed by atoms with E-state index in [9.17, 15) is 0 Å². The van der Waals surface area contributed by atoms with Crippen molar-refractivity contribution in [1.82, 2.24) is 9.97 Å². The fourth-order valence-corrected chi connectivity index (χ4v) is 2.68. The molecule has 16 heavy (non-hydrogen) atoms. The molecule has 1 saturated carbocycles. The number of halogens is 1. The highest BCUT2D eigenvalue weighted by molar-refractivity contribution is 6.18. The minimum Gasteiger partial charge on any atom is -0.369 e. The third kappa shape index (κ3) is 2.64. The molecule has 0 spiro atoms. The number of aryl methyl sites for hydroxylation is 1. The molecule has 0 saturated heterocycles. The molecule has 4 heteroatoms. The van der Waals surface area contributed by atoms with E-state index in [0.29, 0.717) is 0 Å². The molecule has 0 unspecified atom stereocenters. The zero-order chi connectivity index (χ0) is 11.4. The molecule has 0 atom stereocenters. The SMILES string of the molecule is Cc1nccc(NCC2(CCl)CCCC2)n1. The number of hydrogen-bond donors (Lipinski definition) is 1. The minimum atomic E-state index is 0.278. The van der Waals surface area contributed by atoms with Crippen molar-refractivity contribution < 1.29 is 0 Å². The van der Waals surface area contributed by atoms with Gasteiger partial charge in [-0.3, -0.25) is 0 Å². The molecule has 1 fully saturated rings. The first-order valence-corrected chi connectivity index (χ1v) is 6.37. The maximum atomic E-state index is 6.09. The summed E-state index contributed by atoms with van der Waals surface area (Å²) in [5.74, 6) is 2.45. The van der Waals surface area contributed by atoms with Crippen molar-refractivity contribution in [2.75, 3.05) is 17.7 Å². The highest BCUT2D eigenvalue weighted by Gasteiger charge is 2.32. The van der Waals surface area contributed by atoms with Crippen LogP contribution in [0.25, 0.3) is 0 Å². The summed E-state index contributed by atoms with van der Waals surface area (Å²) in [5.41, 5.74) is 0.278. The molecule has 0 aromatic carbocycles. The molecule has 0 bridgehead atoms. The molecule has 88 valence electrons. The van der Waals surface area contributed by atoms with Crippen molar-refractivity contribution in [3.8, 4) is 0 Å². The Hall–Kier alpha value is -0.830. The first-order chi connectivity index (χ1) is 7.74. The van der Waals surface area contributed by atoms with Crippen LogP contribution in [0, 0.1) is 12.3 Å².